The first-order valence-electron chi connectivity index (χ1n) is 9.90. The maximum absolute atomic E-state index is 11.5. The third kappa shape index (κ3) is 3.89. The molecule has 5 rings (SSSR count). The second-order valence-electron chi connectivity index (χ2n) is 7.30. The minimum atomic E-state index is -0.981. The third-order valence-electron chi connectivity index (χ3n) is 5.35. The highest BCUT2D eigenvalue weighted by molar-refractivity contribution is 7.13. The number of hydrogen-bond acceptors (Lipinski definition) is 6. The van der Waals surface area contributed by atoms with Crippen molar-refractivity contribution < 1.29 is 14.6 Å². The number of aromatic carboxylic acids is 1. The maximum atomic E-state index is 11.5. The van der Waals surface area contributed by atoms with Gasteiger partial charge >= 0.3 is 5.97 Å². The average Bonchev–Trinajstić information content (AvgIpc) is 3.47. The van der Waals surface area contributed by atoms with E-state index in [0.29, 0.717) is 32.0 Å². The highest BCUT2D eigenvalue weighted by Crippen LogP contribution is 2.35. The number of carboxylic acid groups (broad SMARTS) is 1. The smallest absolute Gasteiger partial charge is 0.339 e. The molecule has 7 nitrogen and oxygen atoms in total. The normalized spacial score (nSPS) is 13.0. The monoisotopic (exact) mass is 432 g/mol. The zero-order chi connectivity index (χ0) is 21.2. The molecule has 0 amide bonds. The predicted molar refractivity (Wildman–Crippen MR) is 119 cm³/mol. The number of anilines is 1. The molecule has 0 unspecified atom stereocenters. The molecule has 0 saturated heterocycles. The van der Waals surface area contributed by atoms with E-state index < -0.39 is 5.97 Å². The Morgan fingerprint density at radius 1 is 1.10 bits per heavy atom. The topological polar surface area (TPSA) is 80.5 Å². The number of aromatic nitrogens is 3. The van der Waals surface area contributed by atoms with Gasteiger partial charge in [0.15, 0.2) is 5.75 Å². The van der Waals surface area contributed by atoms with Crippen LogP contribution in [0.3, 0.4) is 0 Å². The third-order valence-corrected chi connectivity index (χ3v) is 6.17. The van der Waals surface area contributed by atoms with Gasteiger partial charge in [-0.15, -0.1) is 11.3 Å². The van der Waals surface area contributed by atoms with Gasteiger partial charge in [0.25, 0.3) is 0 Å². The number of hydrogen-bond donors (Lipinski definition) is 1. The van der Waals surface area contributed by atoms with Crippen LogP contribution in [0.1, 0.15) is 21.6 Å². The number of carbonyl (C=O) groups is 1. The molecule has 4 aromatic rings. The lowest BCUT2D eigenvalue weighted by Gasteiger charge is -2.32. The van der Waals surface area contributed by atoms with Gasteiger partial charge in [-0.3, -0.25) is 4.98 Å². The number of fused-ring (bicyclic) bond motifs is 1. The van der Waals surface area contributed by atoms with Crippen molar-refractivity contribution in [3.8, 4) is 16.2 Å². The van der Waals surface area contributed by atoms with Crippen molar-refractivity contribution in [1.82, 2.24) is 14.5 Å². The van der Waals surface area contributed by atoms with Crippen molar-refractivity contribution in [2.75, 3.05) is 18.1 Å². The van der Waals surface area contributed by atoms with E-state index in [4.69, 9.17) is 4.74 Å². The first-order chi connectivity index (χ1) is 15.2. The summed E-state index contributed by atoms with van der Waals surface area (Å²) in [5.74, 6) is -0.545. The molecule has 0 atom stereocenters. The van der Waals surface area contributed by atoms with Gasteiger partial charge in [0, 0.05) is 18.9 Å². The first-order valence-corrected chi connectivity index (χ1v) is 10.8. The number of ether oxygens (including phenoxy) is 1. The lowest BCUT2D eigenvalue weighted by Crippen LogP contribution is -2.33. The molecular weight excluding hydrogens is 412 g/mol. The number of para-hydroxylation sites is 1. The van der Waals surface area contributed by atoms with Crippen molar-refractivity contribution in [3.05, 3.63) is 83.5 Å². The fraction of sp³-hybridized carbons (Fsp3) is 0.174. The minimum absolute atomic E-state index is 0.191. The Morgan fingerprint density at radius 2 is 1.97 bits per heavy atom. The van der Waals surface area contributed by atoms with Gasteiger partial charge in [0.05, 0.1) is 41.2 Å². The summed E-state index contributed by atoms with van der Waals surface area (Å²) in [7, 11) is 0. The van der Waals surface area contributed by atoms with Crippen LogP contribution in [0.5, 0.6) is 5.75 Å². The van der Waals surface area contributed by atoms with Gasteiger partial charge in [-0.2, -0.15) is 0 Å². The van der Waals surface area contributed by atoms with Crippen molar-refractivity contribution in [2.24, 2.45) is 0 Å². The lowest BCUT2D eigenvalue weighted by molar-refractivity contribution is 0.0692. The van der Waals surface area contributed by atoms with Gasteiger partial charge in [-0.05, 0) is 23.3 Å². The molecule has 1 aliphatic rings. The summed E-state index contributed by atoms with van der Waals surface area (Å²) in [5.41, 5.74) is 6.23. The number of benzene rings is 2. The van der Waals surface area contributed by atoms with Crippen LogP contribution in [-0.4, -0.2) is 38.8 Å². The Hall–Kier alpha value is -3.65. The minimum Gasteiger partial charge on any atom is -0.489 e. The lowest BCUT2D eigenvalue weighted by atomic mass is 10.1. The summed E-state index contributed by atoms with van der Waals surface area (Å²) < 4.78 is 7.81. The molecule has 156 valence electrons. The molecule has 0 fully saturated rings. The van der Waals surface area contributed by atoms with Crippen LogP contribution >= 0.6 is 11.3 Å². The summed E-state index contributed by atoms with van der Waals surface area (Å²) in [5, 5.41) is 9.46. The van der Waals surface area contributed by atoms with Crippen molar-refractivity contribution in [2.45, 2.75) is 13.1 Å². The quantitative estimate of drug-likeness (QED) is 0.493. The van der Waals surface area contributed by atoms with Crippen LogP contribution in [0.2, 0.25) is 0 Å². The van der Waals surface area contributed by atoms with Crippen LogP contribution in [0.4, 0.5) is 5.69 Å². The van der Waals surface area contributed by atoms with Gasteiger partial charge in [-0.25, -0.2) is 9.78 Å². The first kappa shape index (κ1) is 19.3. The molecule has 3 heterocycles. The van der Waals surface area contributed by atoms with E-state index in [1.807, 2.05) is 30.3 Å². The molecule has 0 aliphatic carbocycles. The van der Waals surface area contributed by atoms with Crippen molar-refractivity contribution in [1.29, 1.82) is 0 Å². The summed E-state index contributed by atoms with van der Waals surface area (Å²) in [4.78, 5) is 23.3. The number of carboxylic acids is 1. The van der Waals surface area contributed by atoms with E-state index >= 15 is 0 Å². The molecule has 2 aromatic carbocycles. The fourth-order valence-corrected chi connectivity index (χ4v) is 4.41. The number of imidazole rings is 1. The standard InChI is InChI=1S/C23H20N4O3S/c28-23(29)19-2-1-3-20-22(19)30-9-8-26(20)13-18-10-24-14-27(18)12-16-4-6-17(7-5-16)21-11-25-15-31-21/h1-7,10-11,14-15H,8-9,12-13H2,(H,28,29). The Labute approximate surface area is 183 Å². The number of thiazole rings is 1. The van der Waals surface area contributed by atoms with E-state index in [2.05, 4.69) is 43.7 Å². The van der Waals surface area contributed by atoms with E-state index in [0.717, 1.165) is 21.8 Å². The van der Waals surface area contributed by atoms with Crippen molar-refractivity contribution >= 4 is 23.0 Å². The van der Waals surface area contributed by atoms with Crippen LogP contribution in [0, 0.1) is 0 Å². The van der Waals surface area contributed by atoms with Crippen LogP contribution in [0.15, 0.2) is 66.7 Å². The van der Waals surface area contributed by atoms with E-state index in [1.54, 1.807) is 23.5 Å². The maximum Gasteiger partial charge on any atom is 0.339 e. The molecule has 0 spiro atoms. The van der Waals surface area contributed by atoms with Crippen molar-refractivity contribution in [3.63, 3.8) is 0 Å². The van der Waals surface area contributed by atoms with E-state index in [1.165, 1.54) is 5.56 Å². The predicted octanol–water partition coefficient (Wildman–Crippen LogP) is 4.15. The summed E-state index contributed by atoms with van der Waals surface area (Å²) in [6.07, 6.45) is 5.58. The zero-order valence-electron chi connectivity index (χ0n) is 16.6. The van der Waals surface area contributed by atoms with Crippen LogP contribution in [0.25, 0.3) is 10.4 Å². The SMILES string of the molecule is O=C(O)c1cccc2c1OCCN2Cc1cncn1Cc1ccc(-c2cncs2)cc1. The summed E-state index contributed by atoms with van der Waals surface area (Å²) >= 11 is 1.63. The molecule has 31 heavy (non-hydrogen) atoms. The largest absolute Gasteiger partial charge is 0.489 e. The number of rotatable bonds is 6. The molecule has 0 bridgehead atoms. The zero-order valence-corrected chi connectivity index (χ0v) is 17.5. The molecule has 1 N–H and O–H groups in total. The molecular formula is C23H20N4O3S. The average molecular weight is 433 g/mol. The van der Waals surface area contributed by atoms with Gasteiger partial charge in [-0.1, -0.05) is 30.3 Å². The Bertz CT molecular complexity index is 1200. The molecule has 1 aliphatic heterocycles. The summed E-state index contributed by atoms with van der Waals surface area (Å²) in [6.45, 7) is 2.47. The van der Waals surface area contributed by atoms with E-state index in [-0.39, 0.29) is 5.56 Å². The van der Waals surface area contributed by atoms with Gasteiger partial charge in [0.1, 0.15) is 12.2 Å². The van der Waals surface area contributed by atoms with Crippen LogP contribution < -0.4 is 9.64 Å². The number of nitrogens with zero attached hydrogens (tertiary/aromatic N) is 4. The summed E-state index contributed by atoms with van der Waals surface area (Å²) in [6, 6.07) is 13.7. The second kappa shape index (κ2) is 8.23. The Morgan fingerprint density at radius 3 is 2.74 bits per heavy atom. The van der Waals surface area contributed by atoms with Crippen LogP contribution in [-0.2, 0) is 13.1 Å². The van der Waals surface area contributed by atoms with Gasteiger partial charge < -0.3 is 19.3 Å². The second-order valence-corrected chi connectivity index (χ2v) is 8.19. The Kier molecular flexibility index (Phi) is 5.13. The molecule has 2 aromatic heterocycles. The van der Waals surface area contributed by atoms with Gasteiger partial charge in [0.2, 0.25) is 0 Å². The molecule has 0 saturated carbocycles. The molecule has 8 heteroatoms. The fourth-order valence-electron chi connectivity index (χ4n) is 3.78. The van der Waals surface area contributed by atoms with E-state index in [9.17, 15) is 9.90 Å². The highest BCUT2D eigenvalue weighted by Gasteiger charge is 2.24. The Balaban J connectivity index is 1.35. The highest BCUT2D eigenvalue weighted by atomic mass is 32.1. The molecule has 0 radical (unpaired) electrons.